The fourth-order valence-electron chi connectivity index (χ4n) is 5.41. The van der Waals surface area contributed by atoms with Gasteiger partial charge in [0.25, 0.3) is 0 Å². The Morgan fingerprint density at radius 3 is 2.23 bits per heavy atom. The van der Waals surface area contributed by atoms with Gasteiger partial charge in [0.15, 0.2) is 0 Å². The number of benzene rings is 1. The molecule has 5 nitrogen and oxygen atoms in total. The van der Waals surface area contributed by atoms with Gasteiger partial charge in [0.1, 0.15) is 6.04 Å². The zero-order chi connectivity index (χ0) is 18.0. The van der Waals surface area contributed by atoms with E-state index in [1.807, 2.05) is 30.3 Å². The van der Waals surface area contributed by atoms with Crippen LogP contribution in [0.3, 0.4) is 0 Å². The molecule has 3 fully saturated rings. The first-order valence-electron chi connectivity index (χ1n) is 9.45. The molecule has 1 aliphatic heterocycles. The van der Waals surface area contributed by atoms with Crippen LogP contribution in [0.2, 0.25) is 0 Å². The molecule has 1 N–H and O–H groups in total. The van der Waals surface area contributed by atoms with E-state index in [9.17, 15) is 14.4 Å². The summed E-state index contributed by atoms with van der Waals surface area (Å²) in [4.78, 5) is 39.9. The maximum absolute atomic E-state index is 13.0. The lowest BCUT2D eigenvalue weighted by Gasteiger charge is -2.37. The zero-order valence-electron chi connectivity index (χ0n) is 14.7. The van der Waals surface area contributed by atoms with Crippen LogP contribution in [0, 0.1) is 35.5 Å². The molecule has 134 valence electrons. The van der Waals surface area contributed by atoms with Gasteiger partial charge in [-0.3, -0.25) is 19.3 Å². The minimum atomic E-state index is -0.764. The maximum atomic E-state index is 13.0. The Bertz CT molecular complexity index is 782. The van der Waals surface area contributed by atoms with Crippen molar-refractivity contribution in [1.82, 2.24) is 10.2 Å². The van der Waals surface area contributed by atoms with Crippen LogP contribution in [-0.2, 0) is 20.9 Å². The molecular weight excluding hydrogens is 328 g/mol. The quantitative estimate of drug-likeness (QED) is 0.664. The first kappa shape index (κ1) is 15.8. The van der Waals surface area contributed by atoms with Crippen molar-refractivity contribution in [2.45, 2.75) is 25.9 Å². The number of allylic oxidation sites excluding steroid dienone is 2. The van der Waals surface area contributed by atoms with Gasteiger partial charge in [-0.25, -0.2) is 0 Å². The Morgan fingerprint density at radius 2 is 1.65 bits per heavy atom. The zero-order valence-corrected chi connectivity index (χ0v) is 14.7. The SMILES string of the molecule is C[C@H](C(=O)NCc1ccccc1)N1C(=O)[C@H]2[C@@H]3C=C[C@H]([C@H]4C[C@H]34)[C@@H]2C1=O. The molecule has 3 amide bonds. The molecule has 0 unspecified atom stereocenters. The van der Waals surface area contributed by atoms with Crippen molar-refractivity contribution in [3.63, 3.8) is 0 Å². The highest BCUT2D eigenvalue weighted by molar-refractivity contribution is 6.09. The monoisotopic (exact) mass is 350 g/mol. The molecule has 1 saturated heterocycles. The van der Waals surface area contributed by atoms with E-state index in [0.29, 0.717) is 18.4 Å². The van der Waals surface area contributed by atoms with Crippen molar-refractivity contribution in [2.75, 3.05) is 0 Å². The number of nitrogens with zero attached hydrogens (tertiary/aromatic N) is 1. The predicted molar refractivity (Wildman–Crippen MR) is 94.3 cm³/mol. The topological polar surface area (TPSA) is 66.5 Å². The lowest BCUT2D eigenvalue weighted by atomic mass is 9.63. The van der Waals surface area contributed by atoms with Crippen molar-refractivity contribution < 1.29 is 14.4 Å². The molecule has 0 spiro atoms. The molecule has 2 bridgehead atoms. The Labute approximate surface area is 152 Å². The van der Waals surface area contributed by atoms with Gasteiger partial charge >= 0.3 is 0 Å². The van der Waals surface area contributed by atoms with Gasteiger partial charge in [-0.2, -0.15) is 0 Å². The van der Waals surface area contributed by atoms with E-state index in [1.54, 1.807) is 6.92 Å². The number of hydrogen-bond acceptors (Lipinski definition) is 3. The van der Waals surface area contributed by atoms with Crippen LogP contribution in [0.15, 0.2) is 42.5 Å². The molecule has 2 saturated carbocycles. The summed E-state index contributed by atoms with van der Waals surface area (Å²) >= 11 is 0. The van der Waals surface area contributed by atoms with E-state index < -0.39 is 6.04 Å². The van der Waals surface area contributed by atoms with Gasteiger partial charge in [-0.15, -0.1) is 0 Å². The lowest BCUT2D eigenvalue weighted by Crippen LogP contribution is -2.48. The minimum absolute atomic E-state index is 0.146. The molecule has 26 heavy (non-hydrogen) atoms. The predicted octanol–water partition coefficient (Wildman–Crippen LogP) is 1.74. The summed E-state index contributed by atoms with van der Waals surface area (Å²) in [5, 5.41) is 2.85. The smallest absolute Gasteiger partial charge is 0.243 e. The summed E-state index contributed by atoms with van der Waals surface area (Å²) in [6, 6.07) is 8.85. The second-order valence-corrected chi connectivity index (χ2v) is 8.08. The van der Waals surface area contributed by atoms with Crippen molar-refractivity contribution in [3.8, 4) is 0 Å². The van der Waals surface area contributed by atoms with E-state index in [0.717, 1.165) is 12.0 Å². The number of imide groups is 1. The average Bonchev–Trinajstić information content (AvgIpc) is 3.44. The van der Waals surface area contributed by atoms with Crippen LogP contribution >= 0.6 is 0 Å². The largest absolute Gasteiger partial charge is 0.350 e. The Balaban J connectivity index is 1.32. The average molecular weight is 350 g/mol. The van der Waals surface area contributed by atoms with Gasteiger partial charge in [0, 0.05) is 6.54 Å². The summed E-state index contributed by atoms with van der Waals surface area (Å²) in [5.41, 5.74) is 0.989. The second kappa shape index (κ2) is 5.53. The molecule has 5 heteroatoms. The third kappa shape index (κ3) is 2.12. The van der Waals surface area contributed by atoms with Crippen LogP contribution in [0.5, 0.6) is 0 Å². The molecule has 6 rings (SSSR count). The van der Waals surface area contributed by atoms with Crippen LogP contribution in [-0.4, -0.2) is 28.7 Å². The molecule has 1 aromatic rings. The minimum Gasteiger partial charge on any atom is -0.350 e. The number of rotatable bonds is 4. The fraction of sp³-hybridized carbons (Fsp3) is 0.476. The Kier molecular flexibility index (Phi) is 3.36. The summed E-state index contributed by atoms with van der Waals surface area (Å²) in [6.07, 6.45) is 5.44. The maximum Gasteiger partial charge on any atom is 0.243 e. The van der Waals surface area contributed by atoms with E-state index in [-0.39, 0.29) is 41.4 Å². The molecule has 0 aromatic heterocycles. The van der Waals surface area contributed by atoms with E-state index >= 15 is 0 Å². The fourth-order valence-corrected chi connectivity index (χ4v) is 5.41. The highest BCUT2D eigenvalue weighted by Gasteiger charge is 2.67. The lowest BCUT2D eigenvalue weighted by molar-refractivity contribution is -0.147. The van der Waals surface area contributed by atoms with Gasteiger partial charge in [0.2, 0.25) is 17.7 Å². The van der Waals surface area contributed by atoms with Gasteiger partial charge < -0.3 is 5.32 Å². The van der Waals surface area contributed by atoms with Gasteiger partial charge in [0.05, 0.1) is 11.8 Å². The summed E-state index contributed by atoms with van der Waals surface area (Å²) in [7, 11) is 0. The molecule has 1 aromatic carbocycles. The Hall–Kier alpha value is -2.43. The van der Waals surface area contributed by atoms with Gasteiger partial charge in [-0.1, -0.05) is 42.5 Å². The van der Waals surface area contributed by atoms with E-state index in [4.69, 9.17) is 0 Å². The van der Waals surface area contributed by atoms with E-state index in [1.165, 1.54) is 4.90 Å². The molecule has 5 aliphatic rings. The van der Waals surface area contributed by atoms with Crippen molar-refractivity contribution >= 4 is 17.7 Å². The molecule has 4 aliphatic carbocycles. The first-order valence-corrected chi connectivity index (χ1v) is 9.45. The van der Waals surface area contributed by atoms with Crippen LogP contribution in [0.4, 0.5) is 0 Å². The summed E-state index contributed by atoms with van der Waals surface area (Å²) < 4.78 is 0. The molecule has 1 heterocycles. The number of hydrogen-bond donors (Lipinski definition) is 1. The molecule has 7 atom stereocenters. The molecule has 0 radical (unpaired) electrons. The van der Waals surface area contributed by atoms with Crippen molar-refractivity contribution in [3.05, 3.63) is 48.0 Å². The number of nitrogens with one attached hydrogen (secondary N) is 1. The van der Waals surface area contributed by atoms with Crippen molar-refractivity contribution in [1.29, 1.82) is 0 Å². The third-order valence-corrected chi connectivity index (χ3v) is 6.77. The van der Waals surface area contributed by atoms with E-state index in [2.05, 4.69) is 17.5 Å². The Morgan fingerprint density at radius 1 is 1.08 bits per heavy atom. The third-order valence-electron chi connectivity index (χ3n) is 6.77. The van der Waals surface area contributed by atoms with Gasteiger partial charge in [-0.05, 0) is 42.6 Å². The standard InChI is InChI=1S/C21H22N2O3/c1-11(19(24)22-10-12-5-3-2-4-6-12)23-20(25)17-13-7-8-14(16-9-15(13)16)18(17)21(23)26/h2-8,11,13-18H,9-10H2,1H3,(H,22,24)/t11-,13-,14-,15-,16-,17+,18+/m1/s1. The highest BCUT2D eigenvalue weighted by atomic mass is 16.2. The number of likely N-dealkylation sites (tertiary alicyclic amines) is 1. The first-order chi connectivity index (χ1) is 12.6. The normalized spacial score (nSPS) is 37.3. The highest BCUT2D eigenvalue weighted by Crippen LogP contribution is 2.65. The number of carbonyl (C=O) groups is 3. The summed E-state index contributed by atoms with van der Waals surface area (Å²) in [5.74, 6) is 0.470. The van der Waals surface area contributed by atoms with Crippen LogP contribution < -0.4 is 5.32 Å². The number of carbonyl (C=O) groups excluding carboxylic acids is 3. The van der Waals surface area contributed by atoms with Crippen LogP contribution in [0.25, 0.3) is 0 Å². The summed E-state index contributed by atoms with van der Waals surface area (Å²) in [6.45, 7) is 2.05. The van der Waals surface area contributed by atoms with Crippen molar-refractivity contribution in [2.24, 2.45) is 35.5 Å². The molecular formula is C21H22N2O3. The van der Waals surface area contributed by atoms with Crippen LogP contribution in [0.1, 0.15) is 18.9 Å². The second-order valence-electron chi connectivity index (χ2n) is 8.08. The number of amides is 3.